The highest BCUT2D eigenvalue weighted by molar-refractivity contribution is 14.1. The van der Waals surface area contributed by atoms with Crippen LogP contribution in [0.25, 0.3) is 21.5 Å². The molecule has 30 heavy (non-hydrogen) atoms. The molecule has 0 aromatic heterocycles. The van der Waals surface area contributed by atoms with Crippen molar-refractivity contribution in [3.63, 3.8) is 0 Å². The number of fused-ring (bicyclic) bond motifs is 2. The fourth-order valence-electron chi connectivity index (χ4n) is 3.79. The van der Waals surface area contributed by atoms with Crippen LogP contribution in [0.1, 0.15) is 0 Å². The minimum absolute atomic E-state index is 0.0529. The second-order valence-corrected chi connectivity index (χ2v) is 8.28. The van der Waals surface area contributed by atoms with Crippen molar-refractivity contribution in [1.29, 1.82) is 0 Å². The summed E-state index contributed by atoms with van der Waals surface area (Å²) in [6.07, 6.45) is 0. The summed E-state index contributed by atoms with van der Waals surface area (Å²) in [5.41, 5.74) is 2.59. The number of nitrogens with zero attached hydrogens (tertiary/aromatic N) is 1. The van der Waals surface area contributed by atoms with Gasteiger partial charge < -0.3 is 15.1 Å². The van der Waals surface area contributed by atoms with Gasteiger partial charge >= 0.3 is 0 Å². The molecule has 5 aromatic carbocycles. The van der Waals surface area contributed by atoms with Crippen LogP contribution in [0.5, 0.6) is 11.5 Å². The average molecular weight is 503 g/mol. The van der Waals surface area contributed by atoms with E-state index in [9.17, 15) is 10.2 Å². The quantitative estimate of drug-likeness (QED) is 0.251. The maximum absolute atomic E-state index is 10.4. The molecule has 0 spiro atoms. The molecule has 5 aromatic rings. The number of phenols is 2. The number of anilines is 3. The van der Waals surface area contributed by atoms with Gasteiger partial charge in [-0.2, -0.15) is 0 Å². The summed E-state index contributed by atoms with van der Waals surface area (Å²) in [5.74, 6) is 0.106. The van der Waals surface area contributed by atoms with Gasteiger partial charge in [0, 0.05) is 23.5 Å². The summed E-state index contributed by atoms with van der Waals surface area (Å²) < 4.78 is 0.438. The van der Waals surface area contributed by atoms with E-state index < -0.39 is 0 Å². The lowest BCUT2D eigenvalue weighted by Gasteiger charge is -2.26. The summed E-state index contributed by atoms with van der Waals surface area (Å²) in [6, 6.07) is 32.3. The molecule has 0 amide bonds. The molecule has 0 aliphatic carbocycles. The molecule has 0 atom stereocenters. The highest BCUT2D eigenvalue weighted by atomic mass is 127. The van der Waals surface area contributed by atoms with E-state index in [1.807, 2.05) is 46.9 Å². The standard InChI is InChI=1S/C26H18INO2/c27-26-24(29)15-23(16-25(26)30)28(21-11-9-17-5-1-3-7-19(17)13-21)22-12-10-18-6-2-4-8-20(18)14-22/h1-16,29-30H. The predicted octanol–water partition coefficient (Wildman–Crippen LogP) is 7.48. The van der Waals surface area contributed by atoms with E-state index in [4.69, 9.17) is 0 Å². The van der Waals surface area contributed by atoms with Gasteiger partial charge in [0.1, 0.15) is 11.5 Å². The molecule has 5 rings (SSSR count). The maximum Gasteiger partial charge on any atom is 0.134 e. The highest BCUT2D eigenvalue weighted by Crippen LogP contribution is 2.42. The van der Waals surface area contributed by atoms with E-state index in [0.717, 1.165) is 32.9 Å². The van der Waals surface area contributed by atoms with Gasteiger partial charge in [0.2, 0.25) is 0 Å². The summed E-state index contributed by atoms with van der Waals surface area (Å²) in [6.45, 7) is 0. The molecule has 0 bridgehead atoms. The van der Waals surface area contributed by atoms with E-state index in [0.29, 0.717) is 9.26 Å². The third-order valence-electron chi connectivity index (χ3n) is 5.26. The highest BCUT2D eigenvalue weighted by Gasteiger charge is 2.17. The largest absolute Gasteiger partial charge is 0.507 e. The zero-order valence-corrected chi connectivity index (χ0v) is 18.1. The molecule has 0 aliphatic heterocycles. The van der Waals surface area contributed by atoms with Crippen molar-refractivity contribution < 1.29 is 10.2 Å². The zero-order chi connectivity index (χ0) is 20.7. The van der Waals surface area contributed by atoms with Gasteiger partial charge in [-0.3, -0.25) is 0 Å². The fraction of sp³-hybridized carbons (Fsp3) is 0. The molecule has 0 fully saturated rings. The smallest absolute Gasteiger partial charge is 0.134 e. The van der Waals surface area contributed by atoms with E-state index in [1.165, 1.54) is 0 Å². The first-order valence-corrected chi connectivity index (χ1v) is 10.7. The Labute approximate surface area is 188 Å². The van der Waals surface area contributed by atoms with Crippen molar-refractivity contribution in [2.75, 3.05) is 4.90 Å². The van der Waals surface area contributed by atoms with Crippen molar-refractivity contribution in [2.24, 2.45) is 0 Å². The molecule has 4 heteroatoms. The Bertz CT molecular complexity index is 1290. The van der Waals surface area contributed by atoms with Gasteiger partial charge in [0.25, 0.3) is 0 Å². The van der Waals surface area contributed by atoms with Crippen molar-refractivity contribution in [2.45, 2.75) is 0 Å². The average Bonchev–Trinajstić information content (AvgIpc) is 2.77. The Balaban J connectivity index is 1.75. The molecule has 0 heterocycles. The van der Waals surface area contributed by atoms with Crippen molar-refractivity contribution in [3.05, 3.63) is 101 Å². The molecule has 2 N–H and O–H groups in total. The van der Waals surface area contributed by atoms with Crippen LogP contribution < -0.4 is 4.90 Å². The number of hydrogen-bond donors (Lipinski definition) is 2. The van der Waals surface area contributed by atoms with Gasteiger partial charge in [-0.25, -0.2) is 0 Å². The Kier molecular flexibility index (Phi) is 4.71. The Morgan fingerprint density at radius 3 is 1.40 bits per heavy atom. The molecule has 146 valence electrons. The van der Waals surface area contributed by atoms with Crippen molar-refractivity contribution in [1.82, 2.24) is 0 Å². The summed E-state index contributed by atoms with van der Waals surface area (Å²) in [5, 5.41) is 25.3. The number of aromatic hydroxyl groups is 2. The minimum atomic E-state index is 0.0529. The SMILES string of the molecule is Oc1cc(N(c2ccc3ccccc3c2)c2ccc3ccccc3c2)cc(O)c1I. The van der Waals surface area contributed by atoms with Crippen LogP contribution >= 0.6 is 22.6 Å². The maximum atomic E-state index is 10.4. The molecular formula is C26H18INO2. The third-order valence-corrected chi connectivity index (χ3v) is 6.36. The molecule has 0 radical (unpaired) electrons. The van der Waals surface area contributed by atoms with Gasteiger partial charge in [0.05, 0.1) is 9.26 Å². The summed E-state index contributed by atoms with van der Waals surface area (Å²) >= 11 is 1.94. The third kappa shape index (κ3) is 3.33. The van der Waals surface area contributed by atoms with Gasteiger partial charge in [-0.1, -0.05) is 60.7 Å². The van der Waals surface area contributed by atoms with E-state index in [2.05, 4.69) is 65.6 Å². The molecule has 0 aliphatic rings. The number of phenolic OH excluding ortho intramolecular Hbond substituents is 2. The van der Waals surface area contributed by atoms with E-state index >= 15 is 0 Å². The van der Waals surface area contributed by atoms with Crippen LogP contribution in [-0.2, 0) is 0 Å². The van der Waals surface area contributed by atoms with Gasteiger partial charge in [0.15, 0.2) is 0 Å². The Morgan fingerprint density at radius 2 is 0.933 bits per heavy atom. The number of rotatable bonds is 3. The van der Waals surface area contributed by atoms with Crippen LogP contribution in [0.3, 0.4) is 0 Å². The summed E-state index contributed by atoms with van der Waals surface area (Å²) in [4.78, 5) is 2.05. The molecule has 0 saturated carbocycles. The second kappa shape index (κ2) is 7.54. The minimum Gasteiger partial charge on any atom is -0.507 e. The van der Waals surface area contributed by atoms with Crippen LogP contribution in [0.4, 0.5) is 17.1 Å². The number of hydrogen-bond acceptors (Lipinski definition) is 3. The normalized spacial score (nSPS) is 11.1. The zero-order valence-electron chi connectivity index (χ0n) is 16.0. The molecule has 0 unspecified atom stereocenters. The first-order chi connectivity index (χ1) is 14.6. The topological polar surface area (TPSA) is 43.7 Å². The van der Waals surface area contributed by atoms with E-state index in [-0.39, 0.29) is 11.5 Å². The Morgan fingerprint density at radius 1 is 0.500 bits per heavy atom. The lowest BCUT2D eigenvalue weighted by molar-refractivity contribution is 0.444. The van der Waals surface area contributed by atoms with Crippen LogP contribution in [0.15, 0.2) is 97.1 Å². The van der Waals surface area contributed by atoms with Crippen molar-refractivity contribution in [3.8, 4) is 11.5 Å². The number of benzene rings is 5. The van der Waals surface area contributed by atoms with Crippen LogP contribution in [-0.4, -0.2) is 10.2 Å². The monoisotopic (exact) mass is 503 g/mol. The van der Waals surface area contributed by atoms with E-state index in [1.54, 1.807) is 12.1 Å². The molecule has 0 saturated heterocycles. The summed E-state index contributed by atoms with van der Waals surface area (Å²) in [7, 11) is 0. The lowest BCUT2D eigenvalue weighted by Crippen LogP contribution is -2.10. The van der Waals surface area contributed by atoms with Gasteiger partial charge in [-0.05, 0) is 68.4 Å². The first kappa shape index (κ1) is 18.8. The molecular weight excluding hydrogens is 485 g/mol. The molecule has 3 nitrogen and oxygen atoms in total. The first-order valence-electron chi connectivity index (χ1n) is 9.59. The Hall–Kier alpha value is -3.25. The van der Waals surface area contributed by atoms with Gasteiger partial charge in [-0.15, -0.1) is 0 Å². The van der Waals surface area contributed by atoms with Crippen molar-refractivity contribution >= 4 is 61.2 Å². The lowest BCUT2D eigenvalue weighted by atomic mass is 10.1. The number of halogens is 1. The van der Waals surface area contributed by atoms with Crippen LogP contribution in [0, 0.1) is 3.57 Å². The predicted molar refractivity (Wildman–Crippen MR) is 132 cm³/mol. The van der Waals surface area contributed by atoms with Crippen LogP contribution in [0.2, 0.25) is 0 Å². The fourth-order valence-corrected chi connectivity index (χ4v) is 4.10. The second-order valence-electron chi connectivity index (χ2n) is 7.20.